The number of pyridine rings is 3. The Bertz CT molecular complexity index is 1460. The molecule has 0 spiro atoms. The van der Waals surface area contributed by atoms with E-state index in [0.717, 1.165) is 72.0 Å². The summed E-state index contributed by atoms with van der Waals surface area (Å²) in [7, 11) is 1.78. The molecule has 0 N–H and O–H groups in total. The lowest BCUT2D eigenvalue weighted by atomic mass is 9.75. The number of aryl methyl sites for hydroxylation is 2. The first-order valence-electron chi connectivity index (χ1n) is 13.3. The second-order valence-corrected chi connectivity index (χ2v) is 10.6. The van der Waals surface area contributed by atoms with Gasteiger partial charge in [-0.25, -0.2) is 4.98 Å². The molecule has 0 radical (unpaired) electrons. The van der Waals surface area contributed by atoms with Gasteiger partial charge in [0.15, 0.2) is 6.29 Å². The van der Waals surface area contributed by atoms with E-state index in [1.165, 1.54) is 0 Å². The van der Waals surface area contributed by atoms with Gasteiger partial charge in [-0.1, -0.05) is 43.1 Å². The molecular weight excluding hydrogens is 498 g/mol. The molecule has 0 amide bonds. The standard InChI is InChI=1S/C31H34ClN3O3/c1-4-13-31(26-9-5-7-14-33-26,20-38-28-10-6-8-15-37-28)29-25-17-22(11-12-23(25)18-27(32)34-29)24-16-21(2)30(36)35(3)19-24/h5,7,9,11-12,14,16-19,28H,4,6,8,10,13,15,20H2,1-3H3. The first-order chi connectivity index (χ1) is 18.4. The maximum absolute atomic E-state index is 12.3. The molecule has 6 nitrogen and oxygen atoms in total. The summed E-state index contributed by atoms with van der Waals surface area (Å²) < 4.78 is 14.0. The van der Waals surface area contributed by atoms with E-state index in [1.807, 2.05) is 43.6 Å². The van der Waals surface area contributed by atoms with E-state index in [-0.39, 0.29) is 11.8 Å². The van der Waals surface area contributed by atoms with E-state index < -0.39 is 5.41 Å². The topological polar surface area (TPSA) is 66.2 Å². The van der Waals surface area contributed by atoms with Crippen molar-refractivity contribution in [3.63, 3.8) is 0 Å². The van der Waals surface area contributed by atoms with Crippen LogP contribution in [0.2, 0.25) is 5.15 Å². The number of hydrogen-bond acceptors (Lipinski definition) is 5. The van der Waals surface area contributed by atoms with Gasteiger partial charge < -0.3 is 14.0 Å². The van der Waals surface area contributed by atoms with Crippen LogP contribution in [0, 0.1) is 6.92 Å². The van der Waals surface area contributed by atoms with Crippen molar-refractivity contribution in [2.75, 3.05) is 13.2 Å². The second kappa shape index (κ2) is 11.4. The Morgan fingerprint density at radius 3 is 2.74 bits per heavy atom. The van der Waals surface area contributed by atoms with Gasteiger partial charge in [0.05, 0.1) is 23.4 Å². The third kappa shape index (κ3) is 5.26. The molecule has 4 aromatic rings. The Balaban J connectivity index is 1.71. The fourth-order valence-electron chi connectivity index (χ4n) is 5.53. The van der Waals surface area contributed by atoms with Crippen LogP contribution in [0.3, 0.4) is 0 Å². The van der Waals surface area contributed by atoms with E-state index in [0.29, 0.717) is 17.3 Å². The van der Waals surface area contributed by atoms with Gasteiger partial charge in [-0.15, -0.1) is 0 Å². The summed E-state index contributed by atoms with van der Waals surface area (Å²) in [6.07, 6.45) is 8.18. The minimum atomic E-state index is -0.627. The maximum atomic E-state index is 12.3. The molecule has 5 rings (SSSR count). The van der Waals surface area contributed by atoms with Crippen LogP contribution in [0.15, 0.2) is 65.7 Å². The number of ether oxygens (including phenoxy) is 2. The molecule has 38 heavy (non-hydrogen) atoms. The van der Waals surface area contributed by atoms with Gasteiger partial charge in [0.1, 0.15) is 5.15 Å². The summed E-state index contributed by atoms with van der Waals surface area (Å²) >= 11 is 6.65. The first kappa shape index (κ1) is 26.5. The molecule has 4 heterocycles. The third-order valence-electron chi connectivity index (χ3n) is 7.44. The van der Waals surface area contributed by atoms with Crippen molar-refractivity contribution in [2.45, 2.75) is 57.7 Å². The molecule has 7 heteroatoms. The van der Waals surface area contributed by atoms with E-state index >= 15 is 0 Å². The molecule has 1 aromatic carbocycles. The number of halogens is 1. The van der Waals surface area contributed by atoms with Crippen LogP contribution in [0.4, 0.5) is 0 Å². The van der Waals surface area contributed by atoms with Crippen molar-refractivity contribution in [3.8, 4) is 11.1 Å². The summed E-state index contributed by atoms with van der Waals surface area (Å²) in [6, 6.07) is 16.1. The van der Waals surface area contributed by atoms with Crippen LogP contribution in [-0.4, -0.2) is 34.0 Å². The van der Waals surface area contributed by atoms with E-state index in [4.69, 9.17) is 31.0 Å². The van der Waals surface area contributed by atoms with Crippen LogP contribution in [0.5, 0.6) is 0 Å². The van der Waals surface area contributed by atoms with Crippen LogP contribution < -0.4 is 5.56 Å². The van der Waals surface area contributed by atoms with Gasteiger partial charge in [-0.05, 0) is 79.5 Å². The fourth-order valence-corrected chi connectivity index (χ4v) is 5.73. The maximum Gasteiger partial charge on any atom is 0.253 e. The van der Waals surface area contributed by atoms with Crippen LogP contribution >= 0.6 is 11.6 Å². The zero-order valence-electron chi connectivity index (χ0n) is 22.2. The number of rotatable bonds is 8. The normalized spacial score (nSPS) is 17.4. The number of nitrogens with zero attached hydrogens (tertiary/aromatic N) is 3. The highest BCUT2D eigenvalue weighted by Gasteiger charge is 2.39. The summed E-state index contributed by atoms with van der Waals surface area (Å²) in [4.78, 5) is 22.1. The highest BCUT2D eigenvalue weighted by Crippen LogP contribution is 2.41. The Hall–Kier alpha value is -3.06. The predicted molar refractivity (Wildman–Crippen MR) is 152 cm³/mol. The Morgan fingerprint density at radius 2 is 2.03 bits per heavy atom. The van der Waals surface area contributed by atoms with Gasteiger partial charge in [-0.3, -0.25) is 9.78 Å². The van der Waals surface area contributed by atoms with E-state index in [2.05, 4.69) is 31.2 Å². The minimum absolute atomic E-state index is 0.00266. The largest absolute Gasteiger partial charge is 0.353 e. The molecule has 0 aliphatic carbocycles. The average molecular weight is 532 g/mol. The molecule has 2 unspecified atom stereocenters. The molecule has 1 aliphatic rings. The lowest BCUT2D eigenvalue weighted by Gasteiger charge is -2.35. The van der Waals surface area contributed by atoms with Crippen LogP contribution in [0.25, 0.3) is 21.9 Å². The second-order valence-electron chi connectivity index (χ2n) is 10.2. The summed E-state index contributed by atoms with van der Waals surface area (Å²) in [5, 5.41) is 2.42. The van der Waals surface area contributed by atoms with Crippen molar-refractivity contribution in [3.05, 3.63) is 93.4 Å². The summed E-state index contributed by atoms with van der Waals surface area (Å²) in [5.41, 5.74) is 3.80. The number of fused-ring (bicyclic) bond motifs is 1. The highest BCUT2D eigenvalue weighted by molar-refractivity contribution is 6.30. The summed E-state index contributed by atoms with van der Waals surface area (Å²) in [6.45, 7) is 5.11. The quantitative estimate of drug-likeness (QED) is 0.240. The SMILES string of the molecule is CCCC(COC1CCCCO1)(c1ccccn1)c1nc(Cl)cc2ccc(-c3cc(C)c(=O)n(C)c3)cc12. The monoisotopic (exact) mass is 531 g/mol. The molecule has 2 atom stereocenters. The van der Waals surface area contributed by atoms with Crippen molar-refractivity contribution in [1.82, 2.24) is 14.5 Å². The van der Waals surface area contributed by atoms with Crippen molar-refractivity contribution >= 4 is 22.4 Å². The number of hydrogen-bond donors (Lipinski definition) is 0. The molecular formula is C31H34ClN3O3. The zero-order chi connectivity index (χ0) is 26.7. The Morgan fingerprint density at radius 1 is 1.16 bits per heavy atom. The third-order valence-corrected chi connectivity index (χ3v) is 7.63. The number of benzene rings is 1. The van der Waals surface area contributed by atoms with Crippen LogP contribution in [0.1, 0.15) is 56.0 Å². The van der Waals surface area contributed by atoms with E-state index in [1.54, 1.807) is 11.6 Å². The molecule has 1 fully saturated rings. The smallest absolute Gasteiger partial charge is 0.253 e. The Labute approximate surface area is 228 Å². The fraction of sp³-hybridized carbons (Fsp3) is 0.387. The van der Waals surface area contributed by atoms with E-state index in [9.17, 15) is 4.79 Å². The lowest BCUT2D eigenvalue weighted by Crippen LogP contribution is -2.38. The van der Waals surface area contributed by atoms with Gasteiger partial charge in [0.2, 0.25) is 0 Å². The zero-order valence-corrected chi connectivity index (χ0v) is 23.0. The lowest BCUT2D eigenvalue weighted by molar-refractivity contribution is -0.170. The van der Waals surface area contributed by atoms with Crippen molar-refractivity contribution in [2.24, 2.45) is 7.05 Å². The highest BCUT2D eigenvalue weighted by atomic mass is 35.5. The molecule has 1 aliphatic heterocycles. The number of aromatic nitrogens is 3. The minimum Gasteiger partial charge on any atom is -0.353 e. The molecule has 198 valence electrons. The molecule has 3 aromatic heterocycles. The Kier molecular flexibility index (Phi) is 7.93. The average Bonchev–Trinajstić information content (AvgIpc) is 2.94. The van der Waals surface area contributed by atoms with Gasteiger partial charge in [0, 0.05) is 37.0 Å². The van der Waals surface area contributed by atoms with Crippen molar-refractivity contribution in [1.29, 1.82) is 0 Å². The first-order valence-corrected chi connectivity index (χ1v) is 13.7. The molecule has 0 saturated carbocycles. The predicted octanol–water partition coefficient (Wildman–Crippen LogP) is 6.59. The molecule has 1 saturated heterocycles. The van der Waals surface area contributed by atoms with Gasteiger partial charge >= 0.3 is 0 Å². The van der Waals surface area contributed by atoms with Gasteiger partial charge in [-0.2, -0.15) is 0 Å². The summed E-state index contributed by atoms with van der Waals surface area (Å²) in [5.74, 6) is 0. The molecule has 0 bridgehead atoms. The van der Waals surface area contributed by atoms with Crippen molar-refractivity contribution < 1.29 is 9.47 Å². The van der Waals surface area contributed by atoms with Gasteiger partial charge in [0.25, 0.3) is 5.56 Å². The van der Waals surface area contributed by atoms with Crippen LogP contribution in [-0.2, 0) is 21.9 Å².